The molecule has 0 heterocycles. The fourth-order valence-electron chi connectivity index (χ4n) is 1.14. The molecule has 0 aliphatic rings. The van der Waals surface area contributed by atoms with Crippen molar-refractivity contribution in [2.45, 2.75) is 13.3 Å². The Kier molecular flexibility index (Phi) is 3.45. The number of phenols is 1. The van der Waals surface area contributed by atoms with Gasteiger partial charge in [0, 0.05) is 12.6 Å². The summed E-state index contributed by atoms with van der Waals surface area (Å²) in [5, 5.41) is 9.10. The molecule has 0 unspecified atom stereocenters. The highest BCUT2D eigenvalue weighted by atomic mass is 18.2. The van der Waals surface area contributed by atoms with Crippen LogP contribution in [0.2, 0.25) is 0 Å². The van der Waals surface area contributed by atoms with Crippen molar-refractivity contribution in [1.29, 1.82) is 0 Å². The highest BCUT2D eigenvalue weighted by Gasteiger charge is 1.98. The van der Waals surface area contributed by atoms with E-state index in [1.54, 1.807) is 6.92 Å². The number of aliphatic imine (C=N–C) groups is 1. The quantitative estimate of drug-likeness (QED) is 0.566. The predicted octanol–water partition coefficient (Wildman–Crippen LogP) is 1.45. The van der Waals surface area contributed by atoms with Crippen molar-refractivity contribution < 1.29 is 9.50 Å². The molecule has 0 aliphatic heterocycles. The minimum atomic E-state index is -0.437. The number of benzene rings is 1. The number of phenolic OH excluding ortho intramolecular Hbond substituents is 1. The van der Waals surface area contributed by atoms with Gasteiger partial charge in [0.25, 0.3) is 0 Å². The largest absolute Gasteiger partial charge is 0.508 e. The third-order valence-electron chi connectivity index (χ3n) is 1.70. The molecule has 0 bridgehead atoms. The number of hydrogen-bond acceptors (Lipinski definition) is 2. The van der Waals surface area contributed by atoms with Crippen LogP contribution in [0, 0.1) is 5.82 Å². The summed E-state index contributed by atoms with van der Waals surface area (Å²) in [7, 11) is 0. The van der Waals surface area contributed by atoms with Crippen molar-refractivity contribution in [2.24, 2.45) is 10.7 Å². The maximum absolute atomic E-state index is 12.8. The van der Waals surface area contributed by atoms with E-state index in [-0.39, 0.29) is 5.75 Å². The smallest absolute Gasteiger partial charge is 0.127 e. The number of halogens is 1. The number of hydrogen-bond donors (Lipinski definition) is 2. The molecule has 0 saturated heterocycles. The number of aromatic hydroxyl groups is 1. The van der Waals surface area contributed by atoms with Crippen molar-refractivity contribution in [3.05, 3.63) is 29.6 Å². The van der Waals surface area contributed by atoms with E-state index in [1.165, 1.54) is 12.1 Å². The Morgan fingerprint density at radius 1 is 1.50 bits per heavy atom. The van der Waals surface area contributed by atoms with Gasteiger partial charge < -0.3 is 10.8 Å². The van der Waals surface area contributed by atoms with Crippen LogP contribution < -0.4 is 5.73 Å². The summed E-state index contributed by atoms with van der Waals surface area (Å²) in [5.41, 5.74) is 6.06. The number of amidine groups is 1. The summed E-state index contributed by atoms with van der Waals surface area (Å²) >= 11 is 0. The van der Waals surface area contributed by atoms with Gasteiger partial charge in [-0.15, -0.1) is 0 Å². The Balaban J connectivity index is 2.63. The second-order valence-electron chi connectivity index (χ2n) is 3.09. The van der Waals surface area contributed by atoms with Gasteiger partial charge in [-0.3, -0.25) is 4.99 Å². The Morgan fingerprint density at radius 3 is 2.79 bits per heavy atom. The van der Waals surface area contributed by atoms with Crippen molar-refractivity contribution in [2.75, 3.05) is 6.54 Å². The van der Waals surface area contributed by atoms with Crippen LogP contribution >= 0.6 is 0 Å². The summed E-state index contributed by atoms with van der Waals surface area (Å²) in [6, 6.07) is 3.96. The summed E-state index contributed by atoms with van der Waals surface area (Å²) in [6.07, 6.45) is 0.569. The monoisotopic (exact) mass is 195 g/mol. The van der Waals surface area contributed by atoms with Gasteiger partial charge in [-0.05, 0) is 31.0 Å². The van der Waals surface area contributed by atoms with Gasteiger partial charge in [-0.25, -0.2) is 4.39 Å². The maximum atomic E-state index is 12.8. The topological polar surface area (TPSA) is 58.6 Å². The Morgan fingerprint density at radius 2 is 2.21 bits per heavy atom. The van der Waals surface area contributed by atoms with E-state index < -0.39 is 5.82 Å². The zero-order valence-electron chi connectivity index (χ0n) is 8.00. The third kappa shape index (κ3) is 3.43. The highest BCUT2D eigenvalue weighted by Crippen LogP contribution is 2.14. The zero-order valence-corrected chi connectivity index (χ0v) is 8.00. The molecule has 1 aromatic rings. The molecule has 3 nitrogen and oxygen atoms in total. The lowest BCUT2D eigenvalue weighted by atomic mass is 10.1. The van der Waals surface area contributed by atoms with Crippen LogP contribution in [0.25, 0.3) is 0 Å². The van der Waals surface area contributed by atoms with Crippen LogP contribution in [0.1, 0.15) is 12.5 Å². The first-order chi connectivity index (χ1) is 6.58. The molecule has 0 spiro atoms. The molecule has 14 heavy (non-hydrogen) atoms. The van der Waals surface area contributed by atoms with Crippen LogP contribution in [0.4, 0.5) is 4.39 Å². The van der Waals surface area contributed by atoms with E-state index in [1.807, 2.05) is 0 Å². The first-order valence-electron chi connectivity index (χ1n) is 4.33. The molecule has 3 N–H and O–H groups in total. The summed E-state index contributed by atoms with van der Waals surface area (Å²) in [4.78, 5) is 3.97. The van der Waals surface area contributed by atoms with Crippen molar-refractivity contribution in [1.82, 2.24) is 0 Å². The molecule has 1 rings (SSSR count). The van der Waals surface area contributed by atoms with Gasteiger partial charge in [-0.2, -0.15) is 0 Å². The minimum absolute atomic E-state index is 0.0616. The van der Waals surface area contributed by atoms with Crippen LogP contribution in [0.15, 0.2) is 23.2 Å². The van der Waals surface area contributed by atoms with Gasteiger partial charge in [0.15, 0.2) is 0 Å². The molecule has 0 fully saturated rings. The molecular formula is C10H13FN2O. The van der Waals surface area contributed by atoms with E-state index in [4.69, 9.17) is 10.8 Å². The highest BCUT2D eigenvalue weighted by molar-refractivity contribution is 5.77. The Labute approximate surface area is 82.1 Å². The van der Waals surface area contributed by atoms with Crippen LogP contribution in [0.5, 0.6) is 5.75 Å². The van der Waals surface area contributed by atoms with Gasteiger partial charge in [0.1, 0.15) is 11.6 Å². The van der Waals surface area contributed by atoms with Gasteiger partial charge in [-0.1, -0.05) is 0 Å². The Bertz CT molecular complexity index is 326. The molecule has 76 valence electrons. The Hall–Kier alpha value is -1.58. The third-order valence-corrected chi connectivity index (χ3v) is 1.70. The lowest BCUT2D eigenvalue weighted by Gasteiger charge is -2.00. The number of rotatable bonds is 3. The lowest BCUT2D eigenvalue weighted by Crippen LogP contribution is -2.06. The SMILES string of the molecule is CC(N)=NCCc1cc(O)cc([18F])c1. The second-order valence-corrected chi connectivity index (χ2v) is 3.09. The average molecular weight is 195 g/mol. The van der Waals surface area contributed by atoms with Crippen LogP contribution in [-0.4, -0.2) is 17.5 Å². The average Bonchev–Trinajstić information content (AvgIpc) is 2.01. The van der Waals surface area contributed by atoms with Gasteiger partial charge in [0.2, 0.25) is 0 Å². The number of nitrogens with zero attached hydrogens (tertiary/aromatic N) is 1. The fourth-order valence-corrected chi connectivity index (χ4v) is 1.14. The van der Waals surface area contributed by atoms with E-state index in [0.717, 1.165) is 6.07 Å². The minimum Gasteiger partial charge on any atom is -0.508 e. The van der Waals surface area contributed by atoms with Crippen LogP contribution in [0.3, 0.4) is 0 Å². The van der Waals surface area contributed by atoms with Crippen LogP contribution in [-0.2, 0) is 6.42 Å². The van der Waals surface area contributed by atoms with E-state index >= 15 is 0 Å². The predicted molar refractivity (Wildman–Crippen MR) is 53.9 cm³/mol. The maximum Gasteiger partial charge on any atom is 0.127 e. The standard InChI is InChI=1S/C10H13FN2O/c1-7(12)13-3-2-8-4-9(11)6-10(14)5-8/h4-6,14H,2-3H2,1H3,(H2,12,13)/i11-1. The summed E-state index contributed by atoms with van der Waals surface area (Å²) in [5.74, 6) is 0.00697. The van der Waals surface area contributed by atoms with E-state index in [0.29, 0.717) is 24.4 Å². The molecule has 1 aromatic carbocycles. The molecule has 0 aliphatic carbocycles. The van der Waals surface area contributed by atoms with Gasteiger partial charge in [0.05, 0.1) is 5.84 Å². The molecule has 4 heteroatoms. The first kappa shape index (κ1) is 10.5. The fraction of sp³-hybridized carbons (Fsp3) is 0.300. The normalized spacial score (nSPS) is 11.7. The first-order valence-corrected chi connectivity index (χ1v) is 4.33. The molecular weight excluding hydrogens is 182 g/mol. The summed E-state index contributed by atoms with van der Waals surface area (Å²) < 4.78 is 12.8. The number of nitrogens with two attached hydrogens (primary N) is 1. The molecule has 0 radical (unpaired) electrons. The van der Waals surface area contributed by atoms with Crippen molar-refractivity contribution in [3.8, 4) is 5.75 Å². The molecule has 0 atom stereocenters. The van der Waals surface area contributed by atoms with Crippen molar-refractivity contribution in [3.63, 3.8) is 0 Å². The van der Waals surface area contributed by atoms with Crippen molar-refractivity contribution >= 4 is 5.84 Å². The summed E-state index contributed by atoms with van der Waals surface area (Å²) in [6.45, 7) is 2.20. The van der Waals surface area contributed by atoms with E-state index in [9.17, 15) is 4.39 Å². The lowest BCUT2D eigenvalue weighted by molar-refractivity contribution is 0.468. The molecule has 0 amide bonds. The van der Waals surface area contributed by atoms with E-state index in [2.05, 4.69) is 4.99 Å². The molecule has 0 saturated carbocycles. The molecule has 0 aromatic heterocycles. The van der Waals surface area contributed by atoms with Gasteiger partial charge >= 0.3 is 0 Å². The zero-order chi connectivity index (χ0) is 10.6. The second kappa shape index (κ2) is 4.60.